The van der Waals surface area contributed by atoms with Gasteiger partial charge in [0, 0.05) is 0 Å². The third-order valence-corrected chi connectivity index (χ3v) is 3.54. The average Bonchev–Trinajstić information content (AvgIpc) is 2.53. The van der Waals surface area contributed by atoms with E-state index < -0.39 is 0 Å². The van der Waals surface area contributed by atoms with Crippen LogP contribution in [0, 0.1) is 0 Å². The minimum atomic E-state index is 1.05. The molecule has 2 rings (SSSR count). The van der Waals surface area contributed by atoms with Crippen LogP contribution in [0.25, 0.3) is 11.1 Å². The molecule has 0 fully saturated rings. The lowest BCUT2D eigenvalue weighted by atomic mass is 9.99. The van der Waals surface area contributed by atoms with Crippen LogP contribution in [0.5, 0.6) is 0 Å². The molecule has 0 bridgehead atoms. The SMILES string of the molecule is CC/C(=C\C=C(/CC)c1ccccc1)c1ccccc1. The van der Waals surface area contributed by atoms with Crippen LogP contribution in [0.15, 0.2) is 72.8 Å². The van der Waals surface area contributed by atoms with E-state index in [4.69, 9.17) is 0 Å². The summed E-state index contributed by atoms with van der Waals surface area (Å²) in [4.78, 5) is 0. The average molecular weight is 262 g/mol. The second kappa shape index (κ2) is 7.49. The predicted molar refractivity (Wildman–Crippen MR) is 89.4 cm³/mol. The summed E-state index contributed by atoms with van der Waals surface area (Å²) < 4.78 is 0. The van der Waals surface area contributed by atoms with Gasteiger partial charge in [-0.2, -0.15) is 0 Å². The normalized spacial score (nSPS) is 12.5. The Bertz CT molecular complexity index is 518. The first-order valence-corrected chi connectivity index (χ1v) is 7.35. The van der Waals surface area contributed by atoms with Gasteiger partial charge in [0.25, 0.3) is 0 Å². The molecule has 0 spiro atoms. The van der Waals surface area contributed by atoms with Crippen molar-refractivity contribution >= 4 is 11.1 Å². The van der Waals surface area contributed by atoms with Crippen LogP contribution in [0.4, 0.5) is 0 Å². The molecule has 0 nitrogen and oxygen atoms in total. The molecule has 0 heteroatoms. The van der Waals surface area contributed by atoms with Crippen LogP contribution in [-0.4, -0.2) is 0 Å². The summed E-state index contributed by atoms with van der Waals surface area (Å²) in [6.45, 7) is 4.42. The molecular weight excluding hydrogens is 240 g/mol. The number of allylic oxidation sites excluding steroid dienone is 4. The highest BCUT2D eigenvalue weighted by Gasteiger charge is 1.99. The lowest BCUT2D eigenvalue weighted by molar-refractivity contribution is 1.23. The van der Waals surface area contributed by atoms with E-state index in [1.807, 2.05) is 0 Å². The first-order chi connectivity index (χ1) is 9.85. The van der Waals surface area contributed by atoms with E-state index in [-0.39, 0.29) is 0 Å². The zero-order valence-corrected chi connectivity index (χ0v) is 12.3. The molecule has 0 radical (unpaired) electrons. The lowest BCUT2D eigenvalue weighted by Crippen LogP contribution is -1.84. The van der Waals surface area contributed by atoms with Gasteiger partial charge in [0.2, 0.25) is 0 Å². The van der Waals surface area contributed by atoms with Crippen molar-refractivity contribution < 1.29 is 0 Å². The summed E-state index contributed by atoms with van der Waals surface area (Å²) in [7, 11) is 0. The Labute approximate surface area is 122 Å². The summed E-state index contributed by atoms with van der Waals surface area (Å²) in [6, 6.07) is 21.2. The highest BCUT2D eigenvalue weighted by atomic mass is 14.0. The number of rotatable bonds is 5. The Morgan fingerprint density at radius 1 is 0.650 bits per heavy atom. The largest absolute Gasteiger partial charge is 0.0622 e. The smallest absolute Gasteiger partial charge is 0.0225 e. The molecule has 0 heterocycles. The van der Waals surface area contributed by atoms with E-state index in [2.05, 4.69) is 86.7 Å². The molecule has 0 aliphatic carbocycles. The third-order valence-electron chi connectivity index (χ3n) is 3.54. The Morgan fingerprint density at radius 3 is 1.30 bits per heavy atom. The maximum absolute atomic E-state index is 2.27. The van der Waals surface area contributed by atoms with Crippen molar-refractivity contribution in [1.82, 2.24) is 0 Å². The zero-order chi connectivity index (χ0) is 14.2. The molecular formula is C20H22. The Hall–Kier alpha value is -2.08. The standard InChI is InChI=1S/C20H22/c1-3-17(19-11-7-5-8-12-19)15-16-18(4-2)20-13-9-6-10-14-20/h5-16H,3-4H2,1-2H3/b17-15+,18-16+. The van der Waals surface area contributed by atoms with Crippen molar-refractivity contribution in [1.29, 1.82) is 0 Å². The van der Waals surface area contributed by atoms with Gasteiger partial charge >= 0.3 is 0 Å². The van der Waals surface area contributed by atoms with E-state index in [1.165, 1.54) is 22.3 Å². The molecule has 0 saturated carbocycles. The Kier molecular flexibility index (Phi) is 5.37. The molecule has 0 aliphatic heterocycles. The fraction of sp³-hybridized carbons (Fsp3) is 0.200. The first-order valence-electron chi connectivity index (χ1n) is 7.35. The first kappa shape index (κ1) is 14.3. The van der Waals surface area contributed by atoms with E-state index in [1.54, 1.807) is 0 Å². The van der Waals surface area contributed by atoms with Crippen molar-refractivity contribution in [2.45, 2.75) is 26.7 Å². The maximum Gasteiger partial charge on any atom is -0.0225 e. The molecule has 102 valence electrons. The van der Waals surface area contributed by atoms with Gasteiger partial charge in [-0.3, -0.25) is 0 Å². The molecule has 20 heavy (non-hydrogen) atoms. The summed E-state index contributed by atoms with van der Waals surface area (Å²) in [5.41, 5.74) is 5.39. The molecule has 0 N–H and O–H groups in total. The summed E-state index contributed by atoms with van der Waals surface area (Å²) in [5, 5.41) is 0. The van der Waals surface area contributed by atoms with E-state index in [0.717, 1.165) is 12.8 Å². The fourth-order valence-corrected chi connectivity index (χ4v) is 2.34. The van der Waals surface area contributed by atoms with Gasteiger partial charge in [-0.15, -0.1) is 0 Å². The molecule has 0 atom stereocenters. The molecule has 2 aromatic rings. The topological polar surface area (TPSA) is 0 Å². The zero-order valence-electron chi connectivity index (χ0n) is 12.3. The summed E-state index contributed by atoms with van der Waals surface area (Å²) in [5.74, 6) is 0. The number of hydrogen-bond donors (Lipinski definition) is 0. The van der Waals surface area contributed by atoms with Gasteiger partial charge in [0.15, 0.2) is 0 Å². The van der Waals surface area contributed by atoms with Crippen LogP contribution >= 0.6 is 0 Å². The molecule has 2 aromatic carbocycles. The molecule has 0 unspecified atom stereocenters. The van der Waals surface area contributed by atoms with Gasteiger partial charge in [0.1, 0.15) is 0 Å². The molecule has 0 aromatic heterocycles. The second-order valence-corrected chi connectivity index (χ2v) is 4.82. The van der Waals surface area contributed by atoms with Gasteiger partial charge < -0.3 is 0 Å². The highest BCUT2D eigenvalue weighted by molar-refractivity contribution is 5.72. The monoisotopic (exact) mass is 262 g/mol. The highest BCUT2D eigenvalue weighted by Crippen LogP contribution is 2.21. The number of hydrogen-bond acceptors (Lipinski definition) is 0. The van der Waals surface area contributed by atoms with Crippen LogP contribution in [0.3, 0.4) is 0 Å². The Balaban J connectivity index is 2.30. The van der Waals surface area contributed by atoms with Crippen LogP contribution < -0.4 is 0 Å². The van der Waals surface area contributed by atoms with Crippen molar-refractivity contribution in [2.24, 2.45) is 0 Å². The van der Waals surface area contributed by atoms with Crippen LogP contribution in [-0.2, 0) is 0 Å². The number of benzene rings is 2. The van der Waals surface area contributed by atoms with E-state index in [0.29, 0.717) is 0 Å². The maximum atomic E-state index is 2.27. The molecule has 0 saturated heterocycles. The van der Waals surface area contributed by atoms with Gasteiger partial charge in [-0.25, -0.2) is 0 Å². The molecule has 0 amide bonds. The summed E-state index contributed by atoms with van der Waals surface area (Å²) >= 11 is 0. The lowest BCUT2D eigenvalue weighted by Gasteiger charge is -2.06. The second-order valence-electron chi connectivity index (χ2n) is 4.82. The van der Waals surface area contributed by atoms with Crippen molar-refractivity contribution in [2.75, 3.05) is 0 Å². The van der Waals surface area contributed by atoms with Gasteiger partial charge in [0.05, 0.1) is 0 Å². The van der Waals surface area contributed by atoms with Crippen LogP contribution in [0.2, 0.25) is 0 Å². The fourth-order valence-electron chi connectivity index (χ4n) is 2.34. The van der Waals surface area contributed by atoms with Crippen LogP contribution in [0.1, 0.15) is 37.8 Å². The summed E-state index contributed by atoms with van der Waals surface area (Å²) in [6.07, 6.45) is 6.63. The van der Waals surface area contributed by atoms with Crippen molar-refractivity contribution in [3.63, 3.8) is 0 Å². The van der Waals surface area contributed by atoms with Gasteiger partial charge in [-0.1, -0.05) is 86.7 Å². The minimum absolute atomic E-state index is 1.05. The van der Waals surface area contributed by atoms with Crippen molar-refractivity contribution in [3.05, 3.63) is 83.9 Å². The third kappa shape index (κ3) is 3.71. The van der Waals surface area contributed by atoms with Gasteiger partial charge in [-0.05, 0) is 35.1 Å². The van der Waals surface area contributed by atoms with E-state index >= 15 is 0 Å². The quantitative estimate of drug-likeness (QED) is 0.582. The molecule has 0 aliphatic rings. The minimum Gasteiger partial charge on any atom is -0.0622 e. The Morgan fingerprint density at radius 2 is 1.00 bits per heavy atom. The van der Waals surface area contributed by atoms with Crippen molar-refractivity contribution in [3.8, 4) is 0 Å². The van der Waals surface area contributed by atoms with E-state index in [9.17, 15) is 0 Å². The predicted octanol–water partition coefficient (Wildman–Crippen LogP) is 5.97.